The lowest BCUT2D eigenvalue weighted by molar-refractivity contribution is 0.117. The second-order valence-corrected chi connectivity index (χ2v) is 6.83. The Morgan fingerprint density at radius 2 is 1.84 bits per heavy atom. The van der Waals surface area contributed by atoms with Gasteiger partial charge in [-0.2, -0.15) is 0 Å². The number of benzene rings is 1. The van der Waals surface area contributed by atoms with Crippen LogP contribution in [0.15, 0.2) is 18.2 Å². The summed E-state index contributed by atoms with van der Waals surface area (Å²) in [5, 5.41) is 12.5. The quantitative estimate of drug-likeness (QED) is 0.753. The van der Waals surface area contributed by atoms with Crippen molar-refractivity contribution < 1.29 is 4.39 Å². The molecular weight excluding hydrogens is 343 g/mol. The summed E-state index contributed by atoms with van der Waals surface area (Å²) in [4.78, 5) is 4.58. The summed E-state index contributed by atoms with van der Waals surface area (Å²) >= 11 is 6.13. The molecule has 1 aliphatic heterocycles. The lowest BCUT2D eigenvalue weighted by Crippen LogP contribution is -2.45. The molecule has 0 aliphatic carbocycles. The smallest absolute Gasteiger partial charge is 0.165 e. The number of aryl methyl sites for hydroxylation is 1. The fraction of sp³-hybridized carbons (Fsp3) is 0.588. The Morgan fingerprint density at radius 1 is 1.12 bits per heavy atom. The van der Waals surface area contributed by atoms with E-state index in [1.807, 2.05) is 4.68 Å². The minimum Gasteiger partial charge on any atom is -0.296 e. The molecule has 1 aromatic carbocycles. The van der Waals surface area contributed by atoms with Crippen LogP contribution in [-0.2, 0) is 19.6 Å². The van der Waals surface area contributed by atoms with E-state index in [0.29, 0.717) is 17.1 Å². The van der Waals surface area contributed by atoms with Crippen LogP contribution < -0.4 is 0 Å². The predicted molar refractivity (Wildman–Crippen MR) is 94.7 cm³/mol. The van der Waals surface area contributed by atoms with Crippen LogP contribution in [0.4, 0.5) is 4.39 Å². The Morgan fingerprint density at radius 3 is 2.52 bits per heavy atom. The highest BCUT2D eigenvalue weighted by atomic mass is 35.5. The normalized spacial score (nSPS) is 16.4. The summed E-state index contributed by atoms with van der Waals surface area (Å²) in [6, 6.07) is 4.85. The van der Waals surface area contributed by atoms with Gasteiger partial charge in [-0.3, -0.25) is 9.80 Å². The first-order chi connectivity index (χ1) is 12.2. The Bertz CT molecular complexity index is 663. The summed E-state index contributed by atoms with van der Waals surface area (Å²) in [5.74, 6) is 0.684. The molecule has 1 aliphatic rings. The van der Waals surface area contributed by atoms with Crippen LogP contribution in [0.1, 0.15) is 31.2 Å². The molecule has 0 atom stereocenters. The number of tetrazole rings is 1. The van der Waals surface area contributed by atoms with Gasteiger partial charge in [0.25, 0.3) is 0 Å². The first-order valence-electron chi connectivity index (χ1n) is 8.80. The fourth-order valence-electron chi connectivity index (χ4n) is 3.03. The third kappa shape index (κ3) is 4.74. The number of rotatable bonds is 7. The van der Waals surface area contributed by atoms with Crippen molar-refractivity contribution in [2.75, 3.05) is 26.2 Å². The molecule has 136 valence electrons. The molecular formula is C17H24ClFN6. The molecule has 0 spiro atoms. The van der Waals surface area contributed by atoms with Crippen LogP contribution in [0.5, 0.6) is 0 Å². The molecule has 3 rings (SSSR count). The van der Waals surface area contributed by atoms with Crippen LogP contribution >= 0.6 is 11.6 Å². The van der Waals surface area contributed by atoms with Gasteiger partial charge in [-0.05, 0) is 29.0 Å². The molecule has 1 fully saturated rings. The molecule has 25 heavy (non-hydrogen) atoms. The standard InChI is InChI=1S/C17H24ClFN6/c1-2-3-7-25-17(20-21-22-25)13-24-10-8-23(9-11-24)12-14-15(18)5-4-6-16(14)19/h4-6H,2-3,7-13H2,1H3. The zero-order valence-electron chi connectivity index (χ0n) is 14.5. The Labute approximate surface area is 152 Å². The highest BCUT2D eigenvalue weighted by molar-refractivity contribution is 6.31. The molecule has 2 aromatic rings. The van der Waals surface area contributed by atoms with E-state index < -0.39 is 0 Å². The third-order valence-corrected chi connectivity index (χ3v) is 4.96. The van der Waals surface area contributed by atoms with Crippen molar-refractivity contribution in [2.45, 2.75) is 39.4 Å². The van der Waals surface area contributed by atoms with Crippen molar-refractivity contribution in [1.82, 2.24) is 30.0 Å². The third-order valence-electron chi connectivity index (χ3n) is 4.60. The topological polar surface area (TPSA) is 50.1 Å². The molecule has 0 amide bonds. The highest BCUT2D eigenvalue weighted by Gasteiger charge is 2.21. The largest absolute Gasteiger partial charge is 0.296 e. The van der Waals surface area contributed by atoms with Crippen LogP contribution in [0.3, 0.4) is 0 Å². The van der Waals surface area contributed by atoms with Gasteiger partial charge in [0.15, 0.2) is 5.82 Å². The van der Waals surface area contributed by atoms with E-state index in [-0.39, 0.29) is 5.82 Å². The van der Waals surface area contributed by atoms with Gasteiger partial charge in [0, 0.05) is 49.9 Å². The first-order valence-corrected chi connectivity index (χ1v) is 9.17. The molecule has 0 unspecified atom stereocenters. The highest BCUT2D eigenvalue weighted by Crippen LogP contribution is 2.21. The number of piperazine rings is 1. The molecule has 0 bridgehead atoms. The van der Waals surface area contributed by atoms with E-state index in [9.17, 15) is 4.39 Å². The lowest BCUT2D eigenvalue weighted by Gasteiger charge is -2.34. The molecule has 6 nitrogen and oxygen atoms in total. The molecule has 2 heterocycles. The van der Waals surface area contributed by atoms with Crippen molar-refractivity contribution in [3.8, 4) is 0 Å². The zero-order valence-corrected chi connectivity index (χ0v) is 15.3. The van der Waals surface area contributed by atoms with Gasteiger partial charge in [0.05, 0.1) is 6.54 Å². The predicted octanol–water partition coefficient (Wildman–Crippen LogP) is 2.58. The van der Waals surface area contributed by atoms with Crippen LogP contribution in [-0.4, -0.2) is 56.2 Å². The number of hydrogen-bond donors (Lipinski definition) is 0. The van der Waals surface area contributed by atoms with Crippen molar-refractivity contribution >= 4 is 11.6 Å². The van der Waals surface area contributed by atoms with Crippen molar-refractivity contribution in [3.05, 3.63) is 40.4 Å². The van der Waals surface area contributed by atoms with Crippen LogP contribution in [0.2, 0.25) is 5.02 Å². The minimum absolute atomic E-state index is 0.231. The average Bonchev–Trinajstić information content (AvgIpc) is 3.05. The summed E-state index contributed by atoms with van der Waals surface area (Å²) in [7, 11) is 0. The van der Waals surface area contributed by atoms with Crippen molar-refractivity contribution in [2.24, 2.45) is 0 Å². The number of hydrogen-bond acceptors (Lipinski definition) is 5. The number of halogens is 2. The molecule has 8 heteroatoms. The number of nitrogens with zero attached hydrogens (tertiary/aromatic N) is 6. The van der Waals surface area contributed by atoms with Crippen LogP contribution in [0, 0.1) is 5.82 Å². The second-order valence-electron chi connectivity index (χ2n) is 6.42. The molecule has 0 saturated carbocycles. The number of aromatic nitrogens is 4. The maximum absolute atomic E-state index is 13.9. The lowest BCUT2D eigenvalue weighted by atomic mass is 10.2. The summed E-state index contributed by atoms with van der Waals surface area (Å²) in [6.07, 6.45) is 2.20. The van der Waals surface area contributed by atoms with Gasteiger partial charge in [-0.1, -0.05) is 31.0 Å². The Balaban J connectivity index is 1.51. The van der Waals surface area contributed by atoms with Gasteiger partial charge in [-0.15, -0.1) is 5.10 Å². The maximum Gasteiger partial charge on any atom is 0.165 e. The van der Waals surface area contributed by atoms with E-state index in [0.717, 1.165) is 57.9 Å². The fourth-order valence-corrected chi connectivity index (χ4v) is 3.25. The van der Waals surface area contributed by atoms with E-state index in [1.54, 1.807) is 12.1 Å². The maximum atomic E-state index is 13.9. The minimum atomic E-state index is -0.231. The zero-order chi connectivity index (χ0) is 17.6. The Hall–Kier alpha value is -1.57. The van der Waals surface area contributed by atoms with Gasteiger partial charge in [0.1, 0.15) is 5.82 Å². The van der Waals surface area contributed by atoms with Gasteiger partial charge in [-0.25, -0.2) is 9.07 Å². The van der Waals surface area contributed by atoms with E-state index in [1.165, 1.54) is 6.07 Å². The summed E-state index contributed by atoms with van der Waals surface area (Å²) in [6.45, 7) is 7.90. The van der Waals surface area contributed by atoms with E-state index in [2.05, 4.69) is 32.2 Å². The van der Waals surface area contributed by atoms with E-state index in [4.69, 9.17) is 11.6 Å². The van der Waals surface area contributed by atoms with Crippen molar-refractivity contribution in [3.63, 3.8) is 0 Å². The Kier molecular flexibility index (Phi) is 6.34. The van der Waals surface area contributed by atoms with Gasteiger partial charge < -0.3 is 0 Å². The van der Waals surface area contributed by atoms with E-state index >= 15 is 0 Å². The molecule has 1 saturated heterocycles. The summed E-state index contributed by atoms with van der Waals surface area (Å²) in [5.41, 5.74) is 0.584. The first kappa shape index (κ1) is 18.2. The molecule has 0 radical (unpaired) electrons. The molecule has 1 aromatic heterocycles. The van der Waals surface area contributed by atoms with Gasteiger partial charge >= 0.3 is 0 Å². The van der Waals surface area contributed by atoms with Crippen molar-refractivity contribution in [1.29, 1.82) is 0 Å². The SMILES string of the molecule is CCCCn1nnnc1CN1CCN(Cc2c(F)cccc2Cl)CC1. The number of unbranched alkanes of at least 4 members (excludes halogenated alkanes) is 1. The monoisotopic (exact) mass is 366 g/mol. The molecule has 0 N–H and O–H groups in total. The van der Waals surface area contributed by atoms with Crippen LogP contribution in [0.25, 0.3) is 0 Å². The summed E-state index contributed by atoms with van der Waals surface area (Å²) < 4.78 is 15.8. The second kappa shape index (κ2) is 8.69. The van der Waals surface area contributed by atoms with Gasteiger partial charge in [0.2, 0.25) is 0 Å². The average molecular weight is 367 g/mol.